The monoisotopic (exact) mass is 276 g/mol. The summed E-state index contributed by atoms with van der Waals surface area (Å²) in [6, 6.07) is 7.25. The highest BCUT2D eigenvalue weighted by molar-refractivity contribution is 5.96. The summed E-state index contributed by atoms with van der Waals surface area (Å²) in [5, 5.41) is 2.82. The maximum atomic E-state index is 12.1. The van der Waals surface area contributed by atoms with E-state index in [-0.39, 0.29) is 12.0 Å². The summed E-state index contributed by atoms with van der Waals surface area (Å²) in [4.78, 5) is 12.1. The molecule has 2 rings (SSSR count). The Labute approximate surface area is 120 Å². The zero-order valence-electron chi connectivity index (χ0n) is 12.3. The molecule has 0 spiro atoms. The van der Waals surface area contributed by atoms with Gasteiger partial charge in [-0.1, -0.05) is 19.1 Å². The lowest BCUT2D eigenvalue weighted by molar-refractivity contribution is -0.131. The van der Waals surface area contributed by atoms with Crippen LogP contribution in [0, 0.1) is 5.92 Å². The van der Waals surface area contributed by atoms with Crippen molar-refractivity contribution in [1.82, 2.24) is 0 Å². The van der Waals surface area contributed by atoms with E-state index in [1.54, 1.807) is 19.1 Å². The van der Waals surface area contributed by atoms with Gasteiger partial charge in [-0.15, -0.1) is 0 Å². The van der Waals surface area contributed by atoms with E-state index < -0.39 is 6.10 Å². The molecular formula is C16H24N2O2. The zero-order valence-corrected chi connectivity index (χ0v) is 12.3. The van der Waals surface area contributed by atoms with E-state index in [9.17, 15) is 4.79 Å². The molecular weight excluding hydrogens is 252 g/mol. The first-order valence-electron chi connectivity index (χ1n) is 7.37. The Kier molecular flexibility index (Phi) is 5.01. The predicted molar refractivity (Wildman–Crippen MR) is 81.5 cm³/mol. The maximum absolute atomic E-state index is 12.1. The average molecular weight is 276 g/mol. The molecule has 1 saturated carbocycles. The van der Waals surface area contributed by atoms with Crippen LogP contribution in [0.4, 0.5) is 11.4 Å². The molecule has 0 bridgehead atoms. The summed E-state index contributed by atoms with van der Waals surface area (Å²) in [5.74, 6) is 0.643. The Morgan fingerprint density at radius 2 is 1.95 bits per heavy atom. The number of anilines is 2. The summed E-state index contributed by atoms with van der Waals surface area (Å²) < 4.78 is 5.86. The van der Waals surface area contributed by atoms with Crippen LogP contribution in [0.15, 0.2) is 24.3 Å². The van der Waals surface area contributed by atoms with Gasteiger partial charge in [0.1, 0.15) is 6.10 Å². The van der Waals surface area contributed by atoms with Crippen LogP contribution in [0.5, 0.6) is 0 Å². The molecule has 110 valence electrons. The number of hydrogen-bond donors (Lipinski definition) is 2. The first-order valence-corrected chi connectivity index (χ1v) is 7.37. The molecule has 0 radical (unpaired) electrons. The first kappa shape index (κ1) is 14.9. The molecule has 1 aromatic carbocycles. The third-order valence-electron chi connectivity index (χ3n) is 3.95. The van der Waals surface area contributed by atoms with Crippen molar-refractivity contribution in [3.8, 4) is 0 Å². The standard InChI is InChI=1S/C16H24N2O2/c1-11-7-9-13(10-8-11)20-12(2)16(19)18-15-6-4-3-5-14(15)17/h3-6,11-13H,7-10,17H2,1-2H3,(H,18,19). The molecule has 1 unspecified atom stereocenters. The molecule has 1 atom stereocenters. The summed E-state index contributed by atoms with van der Waals surface area (Å²) in [6.45, 7) is 4.07. The van der Waals surface area contributed by atoms with Gasteiger partial charge in [0.05, 0.1) is 17.5 Å². The molecule has 4 nitrogen and oxygen atoms in total. The molecule has 0 saturated heterocycles. The molecule has 0 aliphatic heterocycles. The SMILES string of the molecule is CC1CCC(OC(C)C(=O)Nc2ccccc2N)CC1. The van der Waals surface area contributed by atoms with Crippen LogP contribution in [0.1, 0.15) is 39.5 Å². The Balaban J connectivity index is 1.84. The van der Waals surface area contributed by atoms with Gasteiger partial charge < -0.3 is 15.8 Å². The smallest absolute Gasteiger partial charge is 0.253 e. The number of nitrogens with one attached hydrogen (secondary N) is 1. The number of benzene rings is 1. The minimum atomic E-state index is -0.451. The number of amides is 1. The molecule has 3 N–H and O–H groups in total. The van der Waals surface area contributed by atoms with Crippen molar-refractivity contribution >= 4 is 17.3 Å². The van der Waals surface area contributed by atoms with Gasteiger partial charge in [-0.2, -0.15) is 0 Å². The van der Waals surface area contributed by atoms with Gasteiger partial charge in [-0.25, -0.2) is 0 Å². The third-order valence-corrected chi connectivity index (χ3v) is 3.95. The fraction of sp³-hybridized carbons (Fsp3) is 0.562. The normalized spacial score (nSPS) is 24.1. The van der Waals surface area contributed by atoms with E-state index in [2.05, 4.69) is 12.2 Å². The minimum Gasteiger partial charge on any atom is -0.397 e. The second-order valence-corrected chi connectivity index (χ2v) is 5.74. The second kappa shape index (κ2) is 6.75. The van der Waals surface area contributed by atoms with E-state index in [0.717, 1.165) is 18.8 Å². The van der Waals surface area contributed by atoms with Crippen molar-refractivity contribution in [3.05, 3.63) is 24.3 Å². The molecule has 0 aromatic heterocycles. The molecule has 1 fully saturated rings. The fourth-order valence-corrected chi connectivity index (χ4v) is 2.56. The van der Waals surface area contributed by atoms with Gasteiger partial charge in [-0.05, 0) is 50.7 Å². The van der Waals surface area contributed by atoms with Crippen LogP contribution in [0.3, 0.4) is 0 Å². The molecule has 1 amide bonds. The summed E-state index contributed by atoms with van der Waals surface area (Å²) in [7, 11) is 0. The van der Waals surface area contributed by atoms with Gasteiger partial charge in [0.15, 0.2) is 0 Å². The van der Waals surface area contributed by atoms with Crippen molar-refractivity contribution in [2.24, 2.45) is 5.92 Å². The Morgan fingerprint density at radius 1 is 1.30 bits per heavy atom. The number of rotatable bonds is 4. The lowest BCUT2D eigenvalue weighted by Gasteiger charge is -2.28. The summed E-state index contributed by atoms with van der Waals surface area (Å²) in [5.41, 5.74) is 7.03. The van der Waals surface area contributed by atoms with Crippen LogP contribution < -0.4 is 11.1 Å². The molecule has 0 heterocycles. The molecule has 1 aromatic rings. The number of carbonyl (C=O) groups excluding carboxylic acids is 1. The van der Waals surface area contributed by atoms with Crippen LogP contribution in [-0.4, -0.2) is 18.1 Å². The van der Waals surface area contributed by atoms with E-state index in [1.807, 2.05) is 12.1 Å². The van der Waals surface area contributed by atoms with Crippen molar-refractivity contribution in [3.63, 3.8) is 0 Å². The Bertz CT molecular complexity index is 454. The number of nitrogens with two attached hydrogens (primary N) is 1. The lowest BCUT2D eigenvalue weighted by Crippen LogP contribution is -2.33. The third kappa shape index (κ3) is 3.97. The highest BCUT2D eigenvalue weighted by Crippen LogP contribution is 2.26. The van der Waals surface area contributed by atoms with Gasteiger partial charge in [0.25, 0.3) is 5.91 Å². The quantitative estimate of drug-likeness (QED) is 0.830. The summed E-state index contributed by atoms with van der Waals surface area (Å²) >= 11 is 0. The minimum absolute atomic E-state index is 0.137. The molecule has 1 aliphatic carbocycles. The van der Waals surface area contributed by atoms with E-state index in [0.29, 0.717) is 11.4 Å². The van der Waals surface area contributed by atoms with Crippen LogP contribution in [0.25, 0.3) is 0 Å². The van der Waals surface area contributed by atoms with E-state index >= 15 is 0 Å². The topological polar surface area (TPSA) is 64.3 Å². The first-order chi connectivity index (χ1) is 9.56. The molecule has 20 heavy (non-hydrogen) atoms. The average Bonchev–Trinajstić information content (AvgIpc) is 2.44. The van der Waals surface area contributed by atoms with Crippen LogP contribution in [0.2, 0.25) is 0 Å². The number of nitrogen functional groups attached to an aromatic ring is 1. The van der Waals surface area contributed by atoms with Crippen LogP contribution >= 0.6 is 0 Å². The maximum Gasteiger partial charge on any atom is 0.253 e. The number of ether oxygens (including phenoxy) is 1. The van der Waals surface area contributed by atoms with Crippen molar-refractivity contribution < 1.29 is 9.53 Å². The Hall–Kier alpha value is -1.55. The number of carbonyl (C=O) groups is 1. The summed E-state index contributed by atoms with van der Waals surface area (Å²) in [6.07, 6.45) is 4.22. The highest BCUT2D eigenvalue weighted by atomic mass is 16.5. The largest absolute Gasteiger partial charge is 0.397 e. The van der Waals surface area contributed by atoms with E-state index in [4.69, 9.17) is 10.5 Å². The van der Waals surface area contributed by atoms with Crippen molar-refractivity contribution in [2.75, 3.05) is 11.1 Å². The fourth-order valence-electron chi connectivity index (χ4n) is 2.56. The van der Waals surface area contributed by atoms with Gasteiger partial charge >= 0.3 is 0 Å². The highest BCUT2D eigenvalue weighted by Gasteiger charge is 2.23. The van der Waals surface area contributed by atoms with Crippen molar-refractivity contribution in [1.29, 1.82) is 0 Å². The molecule has 1 aliphatic rings. The van der Waals surface area contributed by atoms with Gasteiger partial charge in [-0.3, -0.25) is 4.79 Å². The molecule has 4 heteroatoms. The predicted octanol–water partition coefficient (Wildman–Crippen LogP) is 3.19. The lowest BCUT2D eigenvalue weighted by atomic mass is 9.89. The van der Waals surface area contributed by atoms with E-state index in [1.165, 1.54) is 12.8 Å². The number of hydrogen-bond acceptors (Lipinski definition) is 3. The second-order valence-electron chi connectivity index (χ2n) is 5.74. The zero-order chi connectivity index (χ0) is 14.5. The Morgan fingerprint density at radius 3 is 2.60 bits per heavy atom. The van der Waals surface area contributed by atoms with Gasteiger partial charge in [0.2, 0.25) is 0 Å². The number of para-hydroxylation sites is 2. The van der Waals surface area contributed by atoms with Crippen molar-refractivity contribution in [2.45, 2.75) is 51.7 Å². The van der Waals surface area contributed by atoms with Crippen LogP contribution in [-0.2, 0) is 9.53 Å². The van der Waals surface area contributed by atoms with Gasteiger partial charge in [0, 0.05) is 0 Å².